The van der Waals surface area contributed by atoms with Gasteiger partial charge in [-0.2, -0.15) is 0 Å². The van der Waals surface area contributed by atoms with E-state index in [-0.39, 0.29) is 5.91 Å². The summed E-state index contributed by atoms with van der Waals surface area (Å²) >= 11 is 0. The molecule has 0 fully saturated rings. The van der Waals surface area contributed by atoms with Crippen LogP contribution in [-0.2, 0) is 6.61 Å². The van der Waals surface area contributed by atoms with Crippen LogP contribution in [0.3, 0.4) is 0 Å². The Morgan fingerprint density at radius 1 is 1.21 bits per heavy atom. The first-order valence-electron chi connectivity index (χ1n) is 7.98. The van der Waals surface area contributed by atoms with Crippen LogP contribution in [0.25, 0.3) is 0 Å². The Balaban J connectivity index is 2.17. The fourth-order valence-corrected chi connectivity index (χ4v) is 2.26. The Kier molecular flexibility index (Phi) is 6.43. The maximum Gasteiger partial charge on any atom is 0.251 e. The molecule has 0 bridgehead atoms. The monoisotopic (exact) mass is 325 g/mol. The maximum absolute atomic E-state index is 12.1. The van der Waals surface area contributed by atoms with Gasteiger partial charge in [0.15, 0.2) is 0 Å². The van der Waals surface area contributed by atoms with Crippen LogP contribution < -0.4 is 14.8 Å². The number of hydrogen-bond acceptors (Lipinski definition) is 3. The number of nitrogens with one attached hydrogen (secondary N) is 1. The molecule has 0 saturated carbocycles. The van der Waals surface area contributed by atoms with Crippen molar-refractivity contribution in [3.63, 3.8) is 0 Å². The minimum Gasteiger partial charge on any atom is -0.493 e. The molecule has 4 nitrogen and oxygen atoms in total. The van der Waals surface area contributed by atoms with Gasteiger partial charge in [0.25, 0.3) is 5.91 Å². The highest BCUT2D eigenvalue weighted by molar-refractivity contribution is 5.94. The van der Waals surface area contributed by atoms with Gasteiger partial charge in [-0.25, -0.2) is 0 Å². The third-order valence-corrected chi connectivity index (χ3v) is 3.41. The van der Waals surface area contributed by atoms with Crippen molar-refractivity contribution >= 4 is 5.91 Å². The molecule has 0 aliphatic rings. The van der Waals surface area contributed by atoms with E-state index in [9.17, 15) is 4.79 Å². The van der Waals surface area contributed by atoms with Crippen molar-refractivity contribution in [2.75, 3.05) is 13.2 Å². The van der Waals surface area contributed by atoms with E-state index >= 15 is 0 Å². The minimum atomic E-state index is -0.144. The molecule has 0 spiro atoms. The minimum absolute atomic E-state index is 0.144. The molecule has 0 aliphatic carbocycles. The van der Waals surface area contributed by atoms with E-state index < -0.39 is 0 Å². The first-order chi connectivity index (χ1) is 11.6. The van der Waals surface area contributed by atoms with E-state index in [1.54, 1.807) is 24.3 Å². The Bertz CT molecular complexity index is 710. The summed E-state index contributed by atoms with van der Waals surface area (Å²) < 4.78 is 11.5. The molecule has 2 rings (SSSR count). The van der Waals surface area contributed by atoms with Crippen LogP contribution >= 0.6 is 0 Å². The van der Waals surface area contributed by atoms with Crippen molar-refractivity contribution in [2.45, 2.75) is 20.5 Å². The van der Waals surface area contributed by atoms with Crippen LogP contribution in [-0.4, -0.2) is 19.1 Å². The van der Waals surface area contributed by atoms with Crippen molar-refractivity contribution in [1.82, 2.24) is 5.32 Å². The van der Waals surface area contributed by atoms with E-state index in [0.717, 1.165) is 22.6 Å². The highest BCUT2D eigenvalue weighted by Crippen LogP contribution is 2.23. The molecule has 24 heavy (non-hydrogen) atoms. The van der Waals surface area contributed by atoms with E-state index in [1.807, 2.05) is 38.1 Å². The van der Waals surface area contributed by atoms with Crippen LogP contribution in [0.5, 0.6) is 11.5 Å². The second-order valence-corrected chi connectivity index (χ2v) is 5.36. The van der Waals surface area contributed by atoms with Crippen molar-refractivity contribution in [2.24, 2.45) is 0 Å². The molecule has 0 heterocycles. The van der Waals surface area contributed by atoms with E-state index in [4.69, 9.17) is 9.47 Å². The zero-order valence-electron chi connectivity index (χ0n) is 14.2. The molecular formula is C20H23NO3. The summed E-state index contributed by atoms with van der Waals surface area (Å²) in [5.74, 6) is 1.37. The normalized spacial score (nSPS) is 10.1. The second-order valence-electron chi connectivity index (χ2n) is 5.36. The lowest BCUT2D eigenvalue weighted by Crippen LogP contribution is -2.23. The fourth-order valence-electron chi connectivity index (χ4n) is 2.26. The number of carbonyl (C=O) groups excluding carboxylic acids is 1. The number of ether oxygens (including phenoxy) is 2. The quantitative estimate of drug-likeness (QED) is 0.749. The third-order valence-electron chi connectivity index (χ3n) is 3.41. The van der Waals surface area contributed by atoms with Gasteiger partial charge in [-0.3, -0.25) is 4.79 Å². The summed E-state index contributed by atoms with van der Waals surface area (Å²) in [5.41, 5.74) is 2.54. The van der Waals surface area contributed by atoms with Crippen LogP contribution in [0.4, 0.5) is 0 Å². The molecule has 126 valence electrons. The molecule has 1 N–H and O–H groups in total. The van der Waals surface area contributed by atoms with Gasteiger partial charge in [-0.15, -0.1) is 6.58 Å². The predicted molar refractivity (Wildman–Crippen MR) is 95.7 cm³/mol. The fraction of sp³-hybridized carbons (Fsp3) is 0.250. The van der Waals surface area contributed by atoms with Gasteiger partial charge < -0.3 is 14.8 Å². The van der Waals surface area contributed by atoms with Crippen molar-refractivity contribution in [3.8, 4) is 11.5 Å². The average molecular weight is 325 g/mol. The summed E-state index contributed by atoms with van der Waals surface area (Å²) in [5, 5.41) is 2.77. The van der Waals surface area contributed by atoms with E-state index in [1.165, 1.54) is 0 Å². The number of amides is 1. The molecule has 2 aromatic rings. The molecular weight excluding hydrogens is 302 g/mol. The highest BCUT2D eigenvalue weighted by atomic mass is 16.5. The largest absolute Gasteiger partial charge is 0.493 e. The van der Waals surface area contributed by atoms with Gasteiger partial charge in [0.1, 0.15) is 18.1 Å². The Morgan fingerprint density at radius 2 is 2.04 bits per heavy atom. The smallest absolute Gasteiger partial charge is 0.251 e. The van der Waals surface area contributed by atoms with Gasteiger partial charge >= 0.3 is 0 Å². The molecule has 0 radical (unpaired) electrons. The summed E-state index contributed by atoms with van der Waals surface area (Å²) in [6, 6.07) is 13.2. The molecule has 0 unspecified atom stereocenters. The second kappa shape index (κ2) is 8.77. The first kappa shape index (κ1) is 17.6. The first-order valence-corrected chi connectivity index (χ1v) is 7.98. The molecule has 0 saturated heterocycles. The molecule has 0 aromatic heterocycles. The molecule has 0 atom stereocenters. The van der Waals surface area contributed by atoms with E-state index in [2.05, 4.69) is 11.9 Å². The topological polar surface area (TPSA) is 47.6 Å². The Hall–Kier alpha value is -2.75. The Morgan fingerprint density at radius 3 is 2.75 bits per heavy atom. The van der Waals surface area contributed by atoms with Crippen LogP contribution in [0.15, 0.2) is 55.1 Å². The summed E-state index contributed by atoms with van der Waals surface area (Å²) in [4.78, 5) is 12.1. The van der Waals surface area contributed by atoms with Crippen molar-refractivity contribution < 1.29 is 14.3 Å². The number of hydrogen-bond donors (Lipinski definition) is 1. The van der Waals surface area contributed by atoms with Crippen molar-refractivity contribution in [1.29, 1.82) is 0 Å². The zero-order valence-corrected chi connectivity index (χ0v) is 14.2. The molecule has 1 amide bonds. The summed E-state index contributed by atoms with van der Waals surface area (Å²) in [6.07, 6.45) is 1.65. The number of rotatable bonds is 8. The lowest BCUT2D eigenvalue weighted by atomic mass is 10.1. The van der Waals surface area contributed by atoms with Gasteiger partial charge in [-0.1, -0.05) is 18.2 Å². The predicted octanol–water partition coefficient (Wildman–Crippen LogP) is 3.89. The molecule has 4 heteroatoms. The zero-order chi connectivity index (χ0) is 17.4. The SMILES string of the molecule is C=CCNC(=O)c1ccc(OCC)c(COc2cccc(C)c2)c1. The maximum atomic E-state index is 12.1. The number of carbonyl (C=O) groups is 1. The molecule has 0 aliphatic heterocycles. The van der Waals surface area contributed by atoms with Crippen molar-refractivity contribution in [3.05, 3.63) is 71.8 Å². The third kappa shape index (κ3) is 4.88. The van der Waals surface area contributed by atoms with Gasteiger partial charge in [0, 0.05) is 17.7 Å². The number of aryl methyl sites for hydroxylation is 1. The average Bonchev–Trinajstić information content (AvgIpc) is 2.59. The number of benzene rings is 2. The van der Waals surface area contributed by atoms with E-state index in [0.29, 0.717) is 25.3 Å². The molecule has 2 aromatic carbocycles. The van der Waals surface area contributed by atoms with Crippen LogP contribution in [0.1, 0.15) is 28.4 Å². The lowest BCUT2D eigenvalue weighted by Gasteiger charge is -2.13. The van der Waals surface area contributed by atoms with Crippen LogP contribution in [0.2, 0.25) is 0 Å². The van der Waals surface area contributed by atoms with Gasteiger partial charge in [-0.05, 0) is 49.7 Å². The highest BCUT2D eigenvalue weighted by Gasteiger charge is 2.11. The van der Waals surface area contributed by atoms with Gasteiger partial charge in [0.05, 0.1) is 6.61 Å². The summed E-state index contributed by atoms with van der Waals surface area (Å²) in [6.45, 7) is 8.86. The Labute approximate surface area is 143 Å². The van der Waals surface area contributed by atoms with Gasteiger partial charge in [0.2, 0.25) is 0 Å². The van der Waals surface area contributed by atoms with Crippen LogP contribution in [0, 0.1) is 6.92 Å². The standard InChI is InChI=1S/C20H23NO3/c1-4-11-21-20(22)16-9-10-19(23-5-2)17(13-16)14-24-18-8-6-7-15(3)12-18/h4,6-10,12-13H,1,5,11,14H2,2-3H3,(H,21,22). The summed E-state index contributed by atoms with van der Waals surface area (Å²) in [7, 11) is 0. The lowest BCUT2D eigenvalue weighted by molar-refractivity contribution is 0.0958.